The number of allylic oxidation sites excluding steroid dienone is 4. The minimum atomic E-state index is -0.107. The molecule has 2 nitrogen and oxygen atoms in total. The van der Waals surface area contributed by atoms with Gasteiger partial charge in [0.05, 0.1) is 11.6 Å². The third-order valence-electron chi connectivity index (χ3n) is 4.52. The zero-order valence-corrected chi connectivity index (χ0v) is 15.5. The van der Waals surface area contributed by atoms with Crippen molar-refractivity contribution >= 4 is 43.1 Å². The first-order valence-electron chi connectivity index (χ1n) is 7.28. The van der Waals surface area contributed by atoms with Crippen molar-refractivity contribution in [1.29, 1.82) is 0 Å². The van der Waals surface area contributed by atoms with Gasteiger partial charge in [-0.2, -0.15) is 0 Å². The van der Waals surface area contributed by atoms with Gasteiger partial charge in [0.15, 0.2) is 6.10 Å². The van der Waals surface area contributed by atoms with Crippen molar-refractivity contribution in [3.05, 3.63) is 62.6 Å². The minimum absolute atomic E-state index is 0.0200. The van der Waals surface area contributed by atoms with E-state index in [9.17, 15) is 0 Å². The van der Waals surface area contributed by atoms with Crippen molar-refractivity contribution < 1.29 is 4.84 Å². The molecule has 0 bridgehead atoms. The second-order valence-electron chi connectivity index (χ2n) is 6.44. The number of hydrogen-bond donors (Lipinski definition) is 0. The highest BCUT2D eigenvalue weighted by atomic mass is 79.9. The molecule has 1 aliphatic heterocycles. The fourth-order valence-electron chi connectivity index (χ4n) is 3.44. The van der Waals surface area contributed by atoms with Crippen molar-refractivity contribution in [3.63, 3.8) is 0 Å². The summed E-state index contributed by atoms with van der Waals surface area (Å²) in [5.41, 5.74) is 4.83. The largest absolute Gasteiger partial charge is 0.386 e. The zero-order valence-electron chi connectivity index (χ0n) is 12.3. The van der Waals surface area contributed by atoms with Crippen LogP contribution in [0.3, 0.4) is 0 Å². The molecule has 0 saturated heterocycles. The number of hydrogen-bond acceptors (Lipinski definition) is 2. The third kappa shape index (κ3) is 2.08. The summed E-state index contributed by atoms with van der Waals surface area (Å²) in [6.07, 6.45) is 6.57. The van der Waals surface area contributed by atoms with Crippen LogP contribution in [0.25, 0.3) is 5.57 Å². The Morgan fingerprint density at radius 2 is 1.82 bits per heavy atom. The summed E-state index contributed by atoms with van der Waals surface area (Å²) in [7, 11) is 0. The lowest BCUT2D eigenvalue weighted by molar-refractivity contribution is 0.102. The number of rotatable bonds is 1. The van der Waals surface area contributed by atoms with Crippen LogP contribution in [0.15, 0.2) is 62.2 Å². The molecule has 0 radical (unpaired) electrons. The minimum Gasteiger partial charge on any atom is -0.386 e. The van der Waals surface area contributed by atoms with Gasteiger partial charge in [-0.05, 0) is 34.9 Å². The van der Waals surface area contributed by atoms with E-state index in [-0.39, 0.29) is 17.4 Å². The molecule has 4 rings (SSSR count). The van der Waals surface area contributed by atoms with Gasteiger partial charge in [0.2, 0.25) is 0 Å². The molecular formula is C18H15Br2NO. The highest BCUT2D eigenvalue weighted by Crippen LogP contribution is 2.50. The van der Waals surface area contributed by atoms with Crippen molar-refractivity contribution in [1.82, 2.24) is 0 Å². The number of benzene rings is 1. The van der Waals surface area contributed by atoms with Gasteiger partial charge >= 0.3 is 0 Å². The summed E-state index contributed by atoms with van der Waals surface area (Å²) in [5.74, 6) is 0.207. The molecule has 1 aromatic rings. The Labute approximate surface area is 146 Å². The van der Waals surface area contributed by atoms with Gasteiger partial charge in [0.1, 0.15) is 0 Å². The summed E-state index contributed by atoms with van der Waals surface area (Å²) in [6, 6.07) is 8.50. The van der Waals surface area contributed by atoms with E-state index in [0.29, 0.717) is 0 Å². The van der Waals surface area contributed by atoms with Crippen LogP contribution in [-0.2, 0) is 4.84 Å². The maximum Gasteiger partial charge on any atom is 0.171 e. The predicted molar refractivity (Wildman–Crippen MR) is 96.8 cm³/mol. The molecule has 22 heavy (non-hydrogen) atoms. The smallest absolute Gasteiger partial charge is 0.171 e. The van der Waals surface area contributed by atoms with Crippen molar-refractivity contribution in [3.8, 4) is 0 Å². The monoisotopic (exact) mass is 419 g/mol. The van der Waals surface area contributed by atoms with Crippen molar-refractivity contribution in [2.24, 2.45) is 16.5 Å². The van der Waals surface area contributed by atoms with Gasteiger partial charge in [-0.3, -0.25) is 0 Å². The molecule has 1 heterocycles. The van der Waals surface area contributed by atoms with Crippen LogP contribution in [-0.4, -0.2) is 11.8 Å². The topological polar surface area (TPSA) is 21.6 Å². The summed E-state index contributed by atoms with van der Waals surface area (Å²) in [6.45, 7) is 4.42. The first-order valence-corrected chi connectivity index (χ1v) is 8.86. The highest BCUT2D eigenvalue weighted by Gasteiger charge is 2.49. The van der Waals surface area contributed by atoms with E-state index in [1.54, 1.807) is 0 Å². The van der Waals surface area contributed by atoms with Gasteiger partial charge in [-0.1, -0.05) is 75.1 Å². The first kappa shape index (κ1) is 14.5. The number of oxime groups is 1. The summed E-state index contributed by atoms with van der Waals surface area (Å²) in [5, 5.41) is 4.40. The average molecular weight is 421 g/mol. The second kappa shape index (κ2) is 4.93. The van der Waals surface area contributed by atoms with Crippen LogP contribution in [0, 0.1) is 11.3 Å². The van der Waals surface area contributed by atoms with E-state index in [0.717, 1.165) is 14.7 Å². The molecule has 2 aliphatic carbocycles. The molecule has 0 N–H and O–H groups in total. The Hall–Kier alpha value is -1.13. The quantitative estimate of drug-likeness (QED) is 0.590. The molecule has 0 fully saturated rings. The van der Waals surface area contributed by atoms with Gasteiger partial charge in [0.25, 0.3) is 0 Å². The molecule has 0 aromatic heterocycles. The molecule has 0 saturated carbocycles. The maximum atomic E-state index is 5.71. The van der Waals surface area contributed by atoms with E-state index in [1.165, 1.54) is 16.7 Å². The molecule has 4 heteroatoms. The van der Waals surface area contributed by atoms with Crippen LogP contribution < -0.4 is 0 Å². The lowest BCUT2D eigenvalue weighted by Crippen LogP contribution is -2.38. The number of nitrogens with zero attached hydrogens (tertiary/aromatic N) is 1. The van der Waals surface area contributed by atoms with Crippen LogP contribution in [0.5, 0.6) is 0 Å². The lowest BCUT2D eigenvalue weighted by atomic mass is 9.66. The molecule has 1 aromatic carbocycles. The van der Waals surface area contributed by atoms with Crippen LogP contribution >= 0.6 is 31.9 Å². The Bertz CT molecular complexity index is 769. The van der Waals surface area contributed by atoms with Gasteiger partial charge in [0, 0.05) is 14.4 Å². The Balaban J connectivity index is 1.91. The second-order valence-corrected chi connectivity index (χ2v) is 8.27. The van der Waals surface area contributed by atoms with Crippen LogP contribution in [0.2, 0.25) is 0 Å². The van der Waals surface area contributed by atoms with Gasteiger partial charge in [-0.15, -0.1) is 0 Å². The molecule has 0 amide bonds. The highest BCUT2D eigenvalue weighted by molar-refractivity contribution is 9.11. The lowest BCUT2D eigenvalue weighted by Gasteiger charge is -2.36. The summed E-state index contributed by atoms with van der Waals surface area (Å²) >= 11 is 7.13. The van der Waals surface area contributed by atoms with E-state index in [1.807, 2.05) is 0 Å². The van der Waals surface area contributed by atoms with Gasteiger partial charge in [-0.25, -0.2) is 0 Å². The molecular weight excluding hydrogens is 406 g/mol. The van der Waals surface area contributed by atoms with Crippen LogP contribution in [0.4, 0.5) is 0 Å². The third-order valence-corrected chi connectivity index (χ3v) is 5.77. The molecule has 3 aliphatic rings. The van der Waals surface area contributed by atoms with E-state index in [4.69, 9.17) is 4.84 Å². The first-order chi connectivity index (χ1) is 10.5. The van der Waals surface area contributed by atoms with E-state index in [2.05, 4.69) is 93.4 Å². The Morgan fingerprint density at radius 3 is 2.55 bits per heavy atom. The zero-order chi connectivity index (χ0) is 15.5. The van der Waals surface area contributed by atoms with Gasteiger partial charge < -0.3 is 4.84 Å². The molecule has 0 unspecified atom stereocenters. The standard InChI is InChI=1S/C18H15Br2NO/c1-18(2)9-13(10-3-5-11(19)6-4-10)12-7-8-14(20)16-15(12)17(18)21-22-16/h3-9,15-16H,1-2H3/t15-,16+/m0/s1. The van der Waals surface area contributed by atoms with Crippen molar-refractivity contribution in [2.75, 3.05) is 0 Å². The Morgan fingerprint density at radius 1 is 1.09 bits per heavy atom. The summed E-state index contributed by atoms with van der Waals surface area (Å²) in [4.78, 5) is 5.71. The average Bonchev–Trinajstić information content (AvgIpc) is 2.93. The SMILES string of the molecule is CC1(C)C=C(c2ccc(Br)cc2)C2=CC=C(Br)[C@H]3ON=C1[C@@H]23. The summed E-state index contributed by atoms with van der Waals surface area (Å²) < 4.78 is 2.16. The van der Waals surface area contributed by atoms with Crippen LogP contribution in [0.1, 0.15) is 19.4 Å². The molecule has 0 spiro atoms. The van der Waals surface area contributed by atoms with E-state index >= 15 is 0 Å². The van der Waals surface area contributed by atoms with E-state index < -0.39 is 0 Å². The number of halogens is 2. The molecule has 112 valence electrons. The predicted octanol–water partition coefficient (Wildman–Crippen LogP) is 5.46. The fourth-order valence-corrected chi connectivity index (χ4v) is 4.18. The Kier molecular flexibility index (Phi) is 3.24. The normalized spacial score (nSPS) is 28.0. The van der Waals surface area contributed by atoms with Crippen molar-refractivity contribution in [2.45, 2.75) is 20.0 Å². The maximum absolute atomic E-state index is 5.71. The molecule has 2 atom stereocenters. The fraction of sp³-hybridized carbons (Fsp3) is 0.278.